The quantitative estimate of drug-likeness (QED) is 0.675. The molecule has 0 spiro atoms. The normalized spacial score (nSPS) is 10.8. The van der Waals surface area contributed by atoms with E-state index in [-0.39, 0.29) is 5.56 Å². The molecule has 22 heavy (non-hydrogen) atoms. The lowest BCUT2D eigenvalue weighted by molar-refractivity contribution is 0.340. The zero-order chi connectivity index (χ0) is 15.5. The second-order valence-electron chi connectivity index (χ2n) is 4.78. The topological polar surface area (TPSA) is 44.1 Å². The van der Waals surface area contributed by atoms with Crippen molar-refractivity contribution >= 4 is 21.6 Å². The largest absolute Gasteiger partial charge is 0.494 e. The van der Waals surface area contributed by atoms with Gasteiger partial charge < -0.3 is 4.74 Å². The van der Waals surface area contributed by atoms with Crippen LogP contribution in [0.4, 0.5) is 0 Å². The smallest absolute Gasteiger partial charge is 0.262 e. The third-order valence-corrected chi connectivity index (χ3v) is 4.25. The minimum absolute atomic E-state index is 0.0324. The van der Waals surface area contributed by atoms with Crippen molar-refractivity contribution in [2.24, 2.45) is 0 Å². The van der Waals surface area contributed by atoms with Crippen LogP contribution in [0, 0.1) is 0 Å². The zero-order valence-electron chi connectivity index (χ0n) is 12.3. The van der Waals surface area contributed by atoms with Crippen LogP contribution < -0.4 is 10.3 Å². The monoisotopic (exact) mass is 312 g/mol. The Balaban J connectivity index is 2.12. The van der Waals surface area contributed by atoms with E-state index in [4.69, 9.17) is 4.74 Å². The van der Waals surface area contributed by atoms with Crippen LogP contribution in [0.2, 0.25) is 0 Å². The van der Waals surface area contributed by atoms with Crippen LogP contribution in [0.1, 0.15) is 6.92 Å². The average Bonchev–Trinajstić information content (AvgIpc) is 2.96. The number of nitrogens with zero attached hydrogens (tertiary/aromatic N) is 2. The average molecular weight is 312 g/mol. The maximum absolute atomic E-state index is 12.6. The van der Waals surface area contributed by atoms with Gasteiger partial charge in [0.25, 0.3) is 5.56 Å². The number of hydrogen-bond acceptors (Lipinski definition) is 4. The van der Waals surface area contributed by atoms with Crippen molar-refractivity contribution in [3.8, 4) is 16.9 Å². The number of benzene rings is 1. The van der Waals surface area contributed by atoms with Gasteiger partial charge in [0.2, 0.25) is 0 Å². The third kappa shape index (κ3) is 2.55. The van der Waals surface area contributed by atoms with Gasteiger partial charge >= 0.3 is 0 Å². The highest BCUT2D eigenvalue weighted by molar-refractivity contribution is 7.17. The van der Waals surface area contributed by atoms with Crippen molar-refractivity contribution in [1.82, 2.24) is 9.55 Å². The van der Waals surface area contributed by atoms with Crippen LogP contribution in [0.15, 0.2) is 53.4 Å². The van der Waals surface area contributed by atoms with E-state index >= 15 is 0 Å². The highest BCUT2D eigenvalue weighted by Gasteiger charge is 2.12. The number of fused-ring (bicyclic) bond motifs is 1. The van der Waals surface area contributed by atoms with E-state index in [1.54, 1.807) is 17.0 Å². The summed E-state index contributed by atoms with van der Waals surface area (Å²) in [6.45, 7) is 6.72. The molecule has 4 nitrogen and oxygen atoms in total. The standard InChI is InChI=1S/C17H16N2O2S/c1-3-9-19-11-18-16-15(17(19)20)14(10-22-16)12-5-7-13(8-6-12)21-4-2/h3,5-8,10-11H,1,4,9H2,2H3. The lowest BCUT2D eigenvalue weighted by Gasteiger charge is -2.05. The van der Waals surface area contributed by atoms with E-state index in [0.717, 1.165) is 21.7 Å². The molecule has 2 heterocycles. The highest BCUT2D eigenvalue weighted by atomic mass is 32.1. The summed E-state index contributed by atoms with van der Waals surface area (Å²) in [6.07, 6.45) is 3.27. The molecule has 0 amide bonds. The highest BCUT2D eigenvalue weighted by Crippen LogP contribution is 2.31. The van der Waals surface area contributed by atoms with Gasteiger partial charge in [-0.1, -0.05) is 18.2 Å². The second-order valence-corrected chi connectivity index (χ2v) is 5.64. The van der Waals surface area contributed by atoms with Crippen molar-refractivity contribution in [1.29, 1.82) is 0 Å². The summed E-state index contributed by atoms with van der Waals surface area (Å²) in [6, 6.07) is 7.77. The maximum atomic E-state index is 12.6. The van der Waals surface area contributed by atoms with Gasteiger partial charge in [-0.25, -0.2) is 4.98 Å². The molecule has 0 radical (unpaired) electrons. The minimum atomic E-state index is -0.0324. The number of hydrogen-bond donors (Lipinski definition) is 0. The lowest BCUT2D eigenvalue weighted by atomic mass is 10.1. The van der Waals surface area contributed by atoms with Crippen molar-refractivity contribution in [3.05, 3.63) is 59.0 Å². The van der Waals surface area contributed by atoms with Crippen LogP contribution in [-0.4, -0.2) is 16.2 Å². The number of allylic oxidation sites excluding steroid dienone is 1. The Morgan fingerprint density at radius 1 is 1.36 bits per heavy atom. The van der Waals surface area contributed by atoms with E-state index in [9.17, 15) is 4.79 Å². The molecule has 0 saturated carbocycles. The van der Waals surface area contributed by atoms with E-state index in [2.05, 4.69) is 11.6 Å². The first-order valence-corrected chi connectivity index (χ1v) is 7.93. The molecular formula is C17H16N2O2S. The fraction of sp³-hybridized carbons (Fsp3) is 0.176. The van der Waals surface area contributed by atoms with Crippen LogP contribution >= 0.6 is 11.3 Å². The Morgan fingerprint density at radius 2 is 2.14 bits per heavy atom. The predicted octanol–water partition coefficient (Wildman–Crippen LogP) is 3.71. The summed E-state index contributed by atoms with van der Waals surface area (Å²) in [4.78, 5) is 17.7. The van der Waals surface area contributed by atoms with Crippen molar-refractivity contribution in [2.45, 2.75) is 13.5 Å². The second kappa shape index (κ2) is 6.15. The molecule has 0 aliphatic heterocycles. The maximum Gasteiger partial charge on any atom is 0.262 e. The lowest BCUT2D eigenvalue weighted by Crippen LogP contribution is -2.19. The predicted molar refractivity (Wildman–Crippen MR) is 90.7 cm³/mol. The molecule has 0 unspecified atom stereocenters. The van der Waals surface area contributed by atoms with Gasteiger partial charge in [-0.05, 0) is 24.6 Å². The first-order chi connectivity index (χ1) is 10.7. The zero-order valence-corrected chi connectivity index (χ0v) is 13.1. The fourth-order valence-corrected chi connectivity index (χ4v) is 3.25. The SMILES string of the molecule is C=CCn1cnc2scc(-c3ccc(OCC)cc3)c2c1=O. The summed E-state index contributed by atoms with van der Waals surface area (Å²) in [5, 5.41) is 2.64. The van der Waals surface area contributed by atoms with Crippen molar-refractivity contribution in [3.63, 3.8) is 0 Å². The molecule has 3 aromatic rings. The van der Waals surface area contributed by atoms with Gasteiger partial charge in [0.15, 0.2) is 0 Å². The van der Waals surface area contributed by atoms with Crippen LogP contribution in [0.3, 0.4) is 0 Å². The molecular weight excluding hydrogens is 296 g/mol. The Morgan fingerprint density at radius 3 is 2.82 bits per heavy atom. The Hall–Kier alpha value is -2.40. The van der Waals surface area contributed by atoms with E-state index in [1.807, 2.05) is 36.6 Å². The Kier molecular flexibility index (Phi) is 4.06. The first-order valence-electron chi connectivity index (χ1n) is 7.05. The molecule has 1 aromatic carbocycles. The molecule has 112 valence electrons. The summed E-state index contributed by atoms with van der Waals surface area (Å²) in [5.41, 5.74) is 1.87. The Bertz CT molecular complexity index is 862. The summed E-state index contributed by atoms with van der Waals surface area (Å²) >= 11 is 1.48. The molecule has 3 rings (SSSR count). The van der Waals surface area contributed by atoms with E-state index < -0.39 is 0 Å². The molecule has 0 N–H and O–H groups in total. The van der Waals surface area contributed by atoms with Gasteiger partial charge in [0.1, 0.15) is 10.6 Å². The minimum Gasteiger partial charge on any atom is -0.494 e. The van der Waals surface area contributed by atoms with Gasteiger partial charge in [-0.15, -0.1) is 17.9 Å². The van der Waals surface area contributed by atoms with Crippen molar-refractivity contribution < 1.29 is 4.74 Å². The van der Waals surface area contributed by atoms with Crippen molar-refractivity contribution in [2.75, 3.05) is 6.61 Å². The van der Waals surface area contributed by atoms with Crippen LogP contribution in [0.5, 0.6) is 5.75 Å². The molecule has 0 saturated heterocycles. The van der Waals surface area contributed by atoms with Gasteiger partial charge in [-0.2, -0.15) is 0 Å². The number of ether oxygens (including phenoxy) is 1. The molecule has 2 aromatic heterocycles. The molecule has 0 atom stereocenters. The molecule has 0 aliphatic carbocycles. The number of aromatic nitrogens is 2. The molecule has 5 heteroatoms. The fourth-order valence-electron chi connectivity index (χ4n) is 2.35. The van der Waals surface area contributed by atoms with E-state index in [1.165, 1.54) is 11.3 Å². The Labute approximate surface area is 132 Å². The van der Waals surface area contributed by atoms with Gasteiger partial charge in [0.05, 0.1) is 18.3 Å². The van der Waals surface area contributed by atoms with Crippen LogP contribution in [0.25, 0.3) is 21.3 Å². The van der Waals surface area contributed by atoms with E-state index in [0.29, 0.717) is 18.5 Å². The summed E-state index contributed by atoms with van der Waals surface area (Å²) in [5.74, 6) is 0.827. The molecule has 0 aliphatic rings. The molecule has 0 fully saturated rings. The van der Waals surface area contributed by atoms with Gasteiger partial charge in [0, 0.05) is 17.5 Å². The summed E-state index contributed by atoms with van der Waals surface area (Å²) < 4.78 is 7.02. The molecule has 0 bridgehead atoms. The van der Waals surface area contributed by atoms with Gasteiger partial charge in [-0.3, -0.25) is 9.36 Å². The first kappa shape index (κ1) is 14.5. The van der Waals surface area contributed by atoms with Crippen LogP contribution in [-0.2, 0) is 6.54 Å². The number of rotatable bonds is 5. The third-order valence-electron chi connectivity index (χ3n) is 3.36. The summed E-state index contributed by atoms with van der Waals surface area (Å²) in [7, 11) is 0. The number of thiophene rings is 1.